The van der Waals surface area contributed by atoms with Gasteiger partial charge < -0.3 is 9.47 Å². The molecule has 0 amide bonds. The van der Waals surface area contributed by atoms with Gasteiger partial charge in [-0.25, -0.2) is 0 Å². The fourth-order valence-corrected chi connectivity index (χ4v) is 3.60. The van der Waals surface area contributed by atoms with Gasteiger partial charge in [-0.15, -0.1) is 0 Å². The van der Waals surface area contributed by atoms with Crippen LogP contribution < -0.4 is 0 Å². The number of cyclic esters (lactones) is 1. The van der Waals surface area contributed by atoms with E-state index in [1.807, 2.05) is 45.9 Å². The zero-order valence-corrected chi connectivity index (χ0v) is 16.5. The summed E-state index contributed by atoms with van der Waals surface area (Å²) in [6.45, 7) is 10.4. The summed E-state index contributed by atoms with van der Waals surface area (Å²) in [6.07, 6.45) is 5.19. The first-order chi connectivity index (χ1) is 11.8. The first kappa shape index (κ1) is 20.0. The lowest BCUT2D eigenvalue weighted by molar-refractivity contribution is -0.256. The lowest BCUT2D eigenvalue weighted by Gasteiger charge is -2.42. The first-order valence-electron chi connectivity index (χ1n) is 9.75. The number of carbonyl (C=O) groups excluding carboxylic acids is 1. The number of benzene rings is 1. The first-order valence-corrected chi connectivity index (χ1v) is 9.75. The van der Waals surface area contributed by atoms with Gasteiger partial charge in [0.25, 0.3) is 0 Å². The molecule has 3 heteroatoms. The molecule has 1 fully saturated rings. The van der Waals surface area contributed by atoms with E-state index in [-0.39, 0.29) is 29.3 Å². The van der Waals surface area contributed by atoms with Crippen LogP contribution in [0, 0.1) is 11.3 Å². The molecule has 0 bridgehead atoms. The highest BCUT2D eigenvalue weighted by Gasteiger charge is 2.45. The van der Waals surface area contributed by atoms with E-state index in [0.29, 0.717) is 0 Å². The van der Waals surface area contributed by atoms with Gasteiger partial charge in [0.05, 0.1) is 12.0 Å². The van der Waals surface area contributed by atoms with Gasteiger partial charge in [-0.3, -0.25) is 4.79 Å². The lowest BCUT2D eigenvalue weighted by Crippen LogP contribution is -2.49. The third-order valence-electron chi connectivity index (χ3n) is 5.08. The van der Waals surface area contributed by atoms with Gasteiger partial charge >= 0.3 is 5.97 Å². The van der Waals surface area contributed by atoms with Crippen molar-refractivity contribution in [3.63, 3.8) is 0 Å². The Morgan fingerprint density at radius 1 is 1.08 bits per heavy atom. The molecule has 25 heavy (non-hydrogen) atoms. The molecule has 4 atom stereocenters. The molecule has 2 rings (SSSR count). The summed E-state index contributed by atoms with van der Waals surface area (Å²) in [6, 6.07) is 10.4. The van der Waals surface area contributed by atoms with Gasteiger partial charge in [-0.2, -0.15) is 0 Å². The van der Waals surface area contributed by atoms with Crippen LogP contribution >= 0.6 is 0 Å². The second-order valence-corrected chi connectivity index (χ2v) is 8.37. The third kappa shape index (κ3) is 5.31. The average Bonchev–Trinajstić information content (AvgIpc) is 2.56. The number of hydrogen-bond acceptors (Lipinski definition) is 3. The fourth-order valence-electron chi connectivity index (χ4n) is 3.60. The van der Waals surface area contributed by atoms with Crippen LogP contribution in [0.1, 0.15) is 78.2 Å². The van der Waals surface area contributed by atoms with Crippen molar-refractivity contribution in [2.75, 3.05) is 0 Å². The molecule has 140 valence electrons. The molecule has 1 aliphatic heterocycles. The Morgan fingerprint density at radius 2 is 1.76 bits per heavy atom. The zero-order chi connectivity index (χ0) is 18.4. The van der Waals surface area contributed by atoms with E-state index < -0.39 is 6.29 Å². The van der Waals surface area contributed by atoms with Crippen LogP contribution in [-0.4, -0.2) is 18.4 Å². The standard InChI is InChI=1S/C22H34O3/c1-6-7-8-12-15-18(17-13-10-9-11-14-17)19-16(2)24-21(22(3,4)5)25-20(19)23/h9-11,13-14,16,18-19,21H,6-8,12,15H2,1-5H3/t16-,18-,19+,21-/m1/s1. The Kier molecular flexibility index (Phi) is 7.06. The summed E-state index contributed by atoms with van der Waals surface area (Å²) in [4.78, 5) is 12.9. The second kappa shape index (κ2) is 8.84. The Hall–Kier alpha value is -1.35. The van der Waals surface area contributed by atoms with Gasteiger partial charge in [-0.1, -0.05) is 83.7 Å². The molecule has 0 unspecified atom stereocenters. The van der Waals surface area contributed by atoms with Crippen molar-refractivity contribution in [2.45, 2.75) is 85.0 Å². The highest BCUT2D eigenvalue weighted by atomic mass is 16.7. The average molecular weight is 347 g/mol. The molecule has 0 aromatic heterocycles. The minimum atomic E-state index is -0.470. The quantitative estimate of drug-likeness (QED) is 0.470. The molecule has 0 spiro atoms. The van der Waals surface area contributed by atoms with E-state index in [4.69, 9.17) is 9.47 Å². The molecule has 1 heterocycles. The van der Waals surface area contributed by atoms with Crippen molar-refractivity contribution in [1.82, 2.24) is 0 Å². The summed E-state index contributed by atoms with van der Waals surface area (Å²) in [7, 11) is 0. The Balaban J connectivity index is 2.17. The van der Waals surface area contributed by atoms with E-state index in [2.05, 4.69) is 19.1 Å². The third-order valence-corrected chi connectivity index (χ3v) is 5.08. The lowest BCUT2D eigenvalue weighted by atomic mass is 9.78. The minimum absolute atomic E-state index is 0.108. The smallest absolute Gasteiger partial charge is 0.314 e. The van der Waals surface area contributed by atoms with Crippen LogP contribution in [0.4, 0.5) is 0 Å². The highest BCUT2D eigenvalue weighted by Crippen LogP contribution is 2.40. The predicted molar refractivity (Wildman–Crippen MR) is 101 cm³/mol. The summed E-state index contributed by atoms with van der Waals surface area (Å²) >= 11 is 0. The fraction of sp³-hybridized carbons (Fsp3) is 0.682. The number of carbonyl (C=O) groups is 1. The van der Waals surface area contributed by atoms with E-state index in [1.165, 1.54) is 24.8 Å². The second-order valence-electron chi connectivity index (χ2n) is 8.37. The normalized spacial score (nSPS) is 25.5. The van der Waals surface area contributed by atoms with E-state index in [1.54, 1.807) is 0 Å². The molecule has 1 aliphatic rings. The van der Waals surface area contributed by atoms with Crippen molar-refractivity contribution in [3.05, 3.63) is 35.9 Å². The maximum atomic E-state index is 12.9. The number of hydrogen-bond donors (Lipinski definition) is 0. The monoisotopic (exact) mass is 346 g/mol. The number of esters is 1. The Morgan fingerprint density at radius 3 is 2.32 bits per heavy atom. The van der Waals surface area contributed by atoms with E-state index in [0.717, 1.165) is 12.8 Å². The summed E-state index contributed by atoms with van der Waals surface area (Å²) in [5.74, 6) is -0.188. The molecule has 1 aromatic carbocycles. The van der Waals surface area contributed by atoms with Crippen LogP contribution in [0.3, 0.4) is 0 Å². The van der Waals surface area contributed by atoms with E-state index in [9.17, 15) is 4.79 Å². The van der Waals surface area contributed by atoms with Gasteiger partial charge in [0.2, 0.25) is 6.29 Å². The SMILES string of the molecule is CCCCCC[C@H](c1ccccc1)[C@H]1C(=O)O[C@H](C(C)(C)C)O[C@@H]1C. The summed E-state index contributed by atoms with van der Waals surface area (Å²) < 4.78 is 11.8. The molecule has 0 saturated carbocycles. The van der Waals surface area contributed by atoms with Crippen LogP contribution in [0.25, 0.3) is 0 Å². The number of rotatable bonds is 7. The van der Waals surface area contributed by atoms with Gasteiger partial charge in [-0.05, 0) is 24.8 Å². The molecule has 0 aliphatic carbocycles. The summed E-state index contributed by atoms with van der Waals surface area (Å²) in [5.41, 5.74) is 1.00. The molecule has 1 aromatic rings. The highest BCUT2D eigenvalue weighted by molar-refractivity contribution is 5.75. The maximum absolute atomic E-state index is 12.9. The molecule has 1 saturated heterocycles. The van der Waals surface area contributed by atoms with Crippen molar-refractivity contribution < 1.29 is 14.3 Å². The predicted octanol–water partition coefficient (Wildman–Crippen LogP) is 5.69. The van der Waals surface area contributed by atoms with Gasteiger partial charge in [0.1, 0.15) is 0 Å². The van der Waals surface area contributed by atoms with Crippen molar-refractivity contribution in [2.24, 2.45) is 11.3 Å². The maximum Gasteiger partial charge on any atom is 0.314 e. The van der Waals surface area contributed by atoms with Crippen LogP contribution in [0.15, 0.2) is 30.3 Å². The van der Waals surface area contributed by atoms with E-state index >= 15 is 0 Å². The molecule has 0 radical (unpaired) electrons. The van der Waals surface area contributed by atoms with Gasteiger partial charge in [0.15, 0.2) is 0 Å². The number of ether oxygens (including phenoxy) is 2. The van der Waals surface area contributed by atoms with Crippen LogP contribution in [-0.2, 0) is 14.3 Å². The molecular weight excluding hydrogens is 312 g/mol. The Labute approximate surface area is 153 Å². The molecule has 0 N–H and O–H groups in total. The molecule has 3 nitrogen and oxygen atoms in total. The zero-order valence-electron chi connectivity index (χ0n) is 16.5. The van der Waals surface area contributed by atoms with Crippen molar-refractivity contribution >= 4 is 5.97 Å². The van der Waals surface area contributed by atoms with Gasteiger partial charge in [0, 0.05) is 5.41 Å². The number of unbranched alkanes of at least 4 members (excludes halogenated alkanes) is 3. The topological polar surface area (TPSA) is 35.5 Å². The largest absolute Gasteiger partial charge is 0.435 e. The molecular formula is C22H34O3. The van der Waals surface area contributed by atoms with Crippen molar-refractivity contribution in [1.29, 1.82) is 0 Å². The van der Waals surface area contributed by atoms with Crippen molar-refractivity contribution in [3.8, 4) is 0 Å². The van der Waals surface area contributed by atoms with Crippen LogP contribution in [0.2, 0.25) is 0 Å². The Bertz CT molecular complexity index is 532. The summed E-state index contributed by atoms with van der Waals surface area (Å²) in [5, 5.41) is 0. The van der Waals surface area contributed by atoms with Crippen LogP contribution in [0.5, 0.6) is 0 Å². The minimum Gasteiger partial charge on any atom is -0.435 e.